The minimum atomic E-state index is -4.69. The molecule has 1 N–H and O–H groups in total. The van der Waals surface area contributed by atoms with Crippen LogP contribution in [0.15, 0.2) is 53.4 Å². The van der Waals surface area contributed by atoms with E-state index in [4.69, 9.17) is 0 Å². The first-order valence-corrected chi connectivity index (χ1v) is 11.8. The zero-order valence-corrected chi connectivity index (χ0v) is 18.4. The molecule has 1 fully saturated rings. The number of nitrogens with zero attached hydrogens (tertiary/aromatic N) is 3. The molecule has 1 aliphatic rings. The van der Waals surface area contributed by atoms with Crippen LogP contribution in [0.2, 0.25) is 0 Å². The van der Waals surface area contributed by atoms with Crippen LogP contribution in [0.1, 0.15) is 38.9 Å². The van der Waals surface area contributed by atoms with Gasteiger partial charge in [0.1, 0.15) is 5.82 Å². The Bertz CT molecular complexity index is 1220. The molecule has 2 atom stereocenters. The van der Waals surface area contributed by atoms with E-state index in [1.54, 1.807) is 22.5 Å². The molecule has 1 saturated heterocycles. The summed E-state index contributed by atoms with van der Waals surface area (Å²) in [5, 5.41) is 3.30. The van der Waals surface area contributed by atoms with Gasteiger partial charge in [-0.2, -0.15) is 17.5 Å². The second kappa shape index (κ2) is 8.32. The molecule has 6 nitrogen and oxygen atoms in total. The van der Waals surface area contributed by atoms with E-state index < -0.39 is 22.0 Å². The summed E-state index contributed by atoms with van der Waals surface area (Å²) >= 11 is 0. The molecule has 0 spiro atoms. The minimum Gasteiger partial charge on any atom is -0.340 e. The molecule has 0 aliphatic carbocycles. The van der Waals surface area contributed by atoms with Crippen LogP contribution in [0.4, 0.5) is 24.7 Å². The van der Waals surface area contributed by atoms with Crippen LogP contribution >= 0.6 is 0 Å². The Hall–Kier alpha value is -2.72. The van der Waals surface area contributed by atoms with E-state index in [2.05, 4.69) is 15.3 Å². The molecule has 0 saturated carbocycles. The largest absolute Gasteiger partial charge is 0.451 e. The minimum absolute atomic E-state index is 0.00296. The second-order valence-electron chi connectivity index (χ2n) is 8.02. The molecule has 3 aromatic rings. The van der Waals surface area contributed by atoms with Crippen LogP contribution in [0.25, 0.3) is 10.9 Å². The number of hydrogen-bond acceptors (Lipinski definition) is 5. The third-order valence-corrected chi connectivity index (χ3v) is 7.80. The highest BCUT2D eigenvalue weighted by Gasteiger charge is 2.36. The van der Waals surface area contributed by atoms with Gasteiger partial charge in [0.15, 0.2) is 0 Å². The predicted molar refractivity (Wildman–Crippen MR) is 116 cm³/mol. The molecule has 0 radical (unpaired) electrons. The molecular weight excluding hydrogens is 441 g/mol. The number of aromatic nitrogens is 2. The predicted octanol–water partition coefficient (Wildman–Crippen LogP) is 5.34. The van der Waals surface area contributed by atoms with E-state index in [0.717, 1.165) is 19.3 Å². The molecule has 32 heavy (non-hydrogen) atoms. The number of benzene rings is 2. The number of anilines is 2. The fraction of sp³-hybridized carbons (Fsp3) is 0.364. The molecule has 170 valence electrons. The maximum absolute atomic E-state index is 13.2. The van der Waals surface area contributed by atoms with Crippen LogP contribution in [-0.4, -0.2) is 34.8 Å². The first-order chi connectivity index (χ1) is 15.1. The smallest absolute Gasteiger partial charge is 0.340 e. The van der Waals surface area contributed by atoms with Gasteiger partial charge < -0.3 is 5.32 Å². The molecule has 0 amide bonds. The lowest BCUT2D eigenvalue weighted by molar-refractivity contribution is -0.144. The Balaban J connectivity index is 1.66. The van der Waals surface area contributed by atoms with Gasteiger partial charge in [0.25, 0.3) is 0 Å². The summed E-state index contributed by atoms with van der Waals surface area (Å²) in [6.45, 7) is 3.81. The quantitative estimate of drug-likeness (QED) is 0.564. The summed E-state index contributed by atoms with van der Waals surface area (Å²) in [4.78, 5) is 7.40. The molecule has 1 aromatic heterocycles. The van der Waals surface area contributed by atoms with E-state index in [-0.39, 0.29) is 28.3 Å². The van der Waals surface area contributed by atoms with Gasteiger partial charge in [0, 0.05) is 23.2 Å². The highest BCUT2D eigenvalue weighted by Crippen LogP contribution is 2.33. The van der Waals surface area contributed by atoms with Crippen molar-refractivity contribution in [1.82, 2.24) is 14.3 Å². The maximum atomic E-state index is 13.2. The third kappa shape index (κ3) is 4.29. The number of nitrogens with one attached hydrogen (secondary N) is 1. The van der Waals surface area contributed by atoms with Gasteiger partial charge in [-0.05, 0) is 63.1 Å². The normalized spacial score (nSPS) is 20.4. The fourth-order valence-corrected chi connectivity index (χ4v) is 6.02. The van der Waals surface area contributed by atoms with Gasteiger partial charge in [-0.25, -0.2) is 18.4 Å². The zero-order valence-electron chi connectivity index (χ0n) is 17.6. The number of para-hydroxylation sites is 1. The van der Waals surface area contributed by atoms with Crippen LogP contribution in [-0.2, 0) is 16.2 Å². The molecule has 1 aliphatic heterocycles. The average molecular weight is 465 g/mol. The van der Waals surface area contributed by atoms with Crippen molar-refractivity contribution in [3.63, 3.8) is 0 Å². The number of piperidine rings is 1. The summed E-state index contributed by atoms with van der Waals surface area (Å²) < 4.78 is 67.6. The Kier molecular flexibility index (Phi) is 5.85. The molecule has 4 rings (SSSR count). The Labute approximate surface area is 184 Å². The number of fused-ring (bicyclic) bond motifs is 1. The van der Waals surface area contributed by atoms with Crippen LogP contribution < -0.4 is 5.32 Å². The lowest BCUT2D eigenvalue weighted by Crippen LogP contribution is -2.47. The summed E-state index contributed by atoms with van der Waals surface area (Å²) in [7, 11) is -3.68. The lowest BCUT2D eigenvalue weighted by atomic mass is 10.0. The number of rotatable bonds is 4. The molecule has 0 bridgehead atoms. The van der Waals surface area contributed by atoms with Crippen LogP contribution in [0, 0.1) is 0 Å². The average Bonchev–Trinajstić information content (AvgIpc) is 2.73. The van der Waals surface area contributed by atoms with Crippen molar-refractivity contribution in [3.05, 3.63) is 54.4 Å². The van der Waals surface area contributed by atoms with Crippen molar-refractivity contribution in [1.29, 1.82) is 0 Å². The number of halogens is 3. The Morgan fingerprint density at radius 3 is 2.22 bits per heavy atom. The highest BCUT2D eigenvalue weighted by atomic mass is 32.2. The van der Waals surface area contributed by atoms with Crippen molar-refractivity contribution < 1.29 is 21.6 Å². The van der Waals surface area contributed by atoms with E-state index in [9.17, 15) is 21.6 Å². The molecular formula is C22H23F3N4O2S. The summed E-state index contributed by atoms with van der Waals surface area (Å²) in [5.41, 5.74) is 0.574. The van der Waals surface area contributed by atoms with E-state index in [1.165, 1.54) is 30.3 Å². The van der Waals surface area contributed by atoms with Crippen molar-refractivity contribution in [2.75, 3.05) is 5.32 Å². The molecule has 2 unspecified atom stereocenters. The monoisotopic (exact) mass is 464 g/mol. The fourth-order valence-electron chi connectivity index (χ4n) is 4.14. The third-order valence-electron chi connectivity index (χ3n) is 5.66. The standard InChI is InChI=1S/C22H23F3N4O2S/c1-14-6-5-7-15(2)29(14)32(30,31)17-12-10-16(11-13-17)26-20-18-8-3-4-9-19(18)27-21(28-20)22(23,24)25/h3-4,8-15H,5-7H2,1-2H3,(H,26,27,28). The summed E-state index contributed by atoms with van der Waals surface area (Å²) in [5.74, 6) is -1.25. The van der Waals surface area contributed by atoms with Crippen molar-refractivity contribution >= 4 is 32.4 Å². The molecule has 10 heteroatoms. The van der Waals surface area contributed by atoms with E-state index >= 15 is 0 Å². The first-order valence-electron chi connectivity index (χ1n) is 10.3. The van der Waals surface area contributed by atoms with Crippen molar-refractivity contribution in [3.8, 4) is 0 Å². The van der Waals surface area contributed by atoms with Gasteiger partial charge in [0.05, 0.1) is 10.4 Å². The van der Waals surface area contributed by atoms with E-state index in [0.29, 0.717) is 11.1 Å². The van der Waals surface area contributed by atoms with E-state index in [1.807, 2.05) is 13.8 Å². The number of sulfonamides is 1. The molecule has 2 aromatic carbocycles. The maximum Gasteiger partial charge on any atom is 0.451 e. The van der Waals surface area contributed by atoms with Crippen LogP contribution in [0.5, 0.6) is 0 Å². The highest BCUT2D eigenvalue weighted by molar-refractivity contribution is 7.89. The SMILES string of the molecule is CC1CCCC(C)N1S(=O)(=O)c1ccc(Nc2nc(C(F)(F)F)nc3ccccc23)cc1. The Morgan fingerprint density at radius 1 is 0.969 bits per heavy atom. The van der Waals surface area contributed by atoms with Gasteiger partial charge >= 0.3 is 6.18 Å². The second-order valence-corrected chi connectivity index (χ2v) is 9.87. The van der Waals surface area contributed by atoms with Crippen molar-refractivity contribution in [2.24, 2.45) is 0 Å². The Morgan fingerprint density at radius 2 is 1.59 bits per heavy atom. The van der Waals surface area contributed by atoms with Gasteiger partial charge in [-0.1, -0.05) is 18.6 Å². The molecule has 2 heterocycles. The lowest BCUT2D eigenvalue weighted by Gasteiger charge is -2.37. The van der Waals surface area contributed by atoms with Gasteiger partial charge in [0.2, 0.25) is 15.8 Å². The number of alkyl halides is 3. The summed E-state index contributed by atoms with van der Waals surface area (Å²) in [6.07, 6.45) is -2.08. The topological polar surface area (TPSA) is 75.2 Å². The van der Waals surface area contributed by atoms with Gasteiger partial charge in [-0.3, -0.25) is 0 Å². The summed E-state index contributed by atoms with van der Waals surface area (Å²) in [6, 6.07) is 12.2. The van der Waals surface area contributed by atoms with Gasteiger partial charge in [-0.15, -0.1) is 0 Å². The first kappa shape index (κ1) is 22.5. The van der Waals surface area contributed by atoms with Crippen LogP contribution in [0.3, 0.4) is 0 Å². The van der Waals surface area contributed by atoms with Crippen molar-refractivity contribution in [2.45, 2.75) is 56.3 Å². The number of hydrogen-bond donors (Lipinski definition) is 1. The zero-order chi connectivity index (χ0) is 23.1.